The number of benzene rings is 1. The van der Waals surface area contributed by atoms with Crippen LogP contribution in [0.3, 0.4) is 0 Å². The molecule has 1 N–H and O–H groups in total. The van der Waals surface area contributed by atoms with Crippen LogP contribution in [0.1, 0.15) is 32.0 Å². The van der Waals surface area contributed by atoms with Crippen molar-refractivity contribution < 1.29 is 9.59 Å². The highest BCUT2D eigenvalue weighted by Gasteiger charge is 2.21. The minimum Gasteiger partial charge on any atom is -0.347 e. The molecule has 0 atom stereocenters. The Bertz CT molecular complexity index is 798. The summed E-state index contributed by atoms with van der Waals surface area (Å²) in [5.41, 5.74) is 2.95. The van der Waals surface area contributed by atoms with Gasteiger partial charge in [-0.2, -0.15) is 0 Å². The molecule has 1 saturated heterocycles. The molecule has 2 amide bonds. The van der Waals surface area contributed by atoms with E-state index < -0.39 is 0 Å². The summed E-state index contributed by atoms with van der Waals surface area (Å²) in [6, 6.07) is 11.1. The van der Waals surface area contributed by atoms with E-state index in [0.29, 0.717) is 25.2 Å². The molecule has 2 aromatic rings. The second-order valence-electron chi connectivity index (χ2n) is 6.63. The summed E-state index contributed by atoms with van der Waals surface area (Å²) in [5.74, 6) is -0.324. The second-order valence-corrected chi connectivity index (χ2v) is 6.63. The van der Waals surface area contributed by atoms with Gasteiger partial charge >= 0.3 is 0 Å². The Balaban J connectivity index is 1.65. The van der Waals surface area contributed by atoms with Gasteiger partial charge < -0.3 is 15.1 Å². The first-order valence-electron chi connectivity index (χ1n) is 8.81. The summed E-state index contributed by atoms with van der Waals surface area (Å²) in [7, 11) is 2.05. The number of nitrogens with zero attached hydrogens (tertiary/aromatic N) is 3. The lowest BCUT2D eigenvalue weighted by atomic mass is 10.1. The maximum Gasteiger partial charge on any atom is 0.270 e. The number of aromatic nitrogens is 1. The number of rotatable bonds is 4. The third-order valence-electron chi connectivity index (χ3n) is 4.73. The number of carbonyl (C=O) groups excluding carboxylic acids is 2. The van der Waals surface area contributed by atoms with Gasteiger partial charge in [0.1, 0.15) is 5.69 Å². The number of likely N-dealkylation sites (N-methyl/N-ethyl adjacent to an activating group) is 1. The predicted octanol–water partition coefficient (Wildman–Crippen LogP) is 1.71. The Morgan fingerprint density at radius 3 is 2.58 bits per heavy atom. The van der Waals surface area contributed by atoms with Gasteiger partial charge in [0.2, 0.25) is 0 Å². The van der Waals surface area contributed by atoms with Crippen LogP contribution in [0.4, 0.5) is 0 Å². The fraction of sp³-hybridized carbons (Fsp3) is 0.350. The molecule has 0 unspecified atom stereocenters. The predicted molar refractivity (Wildman–Crippen MR) is 100.0 cm³/mol. The van der Waals surface area contributed by atoms with Gasteiger partial charge in [-0.15, -0.1) is 0 Å². The van der Waals surface area contributed by atoms with Crippen molar-refractivity contribution in [1.29, 1.82) is 0 Å². The summed E-state index contributed by atoms with van der Waals surface area (Å²) in [6.07, 6.45) is 1.52. The van der Waals surface area contributed by atoms with Crippen LogP contribution in [0.15, 0.2) is 42.6 Å². The summed E-state index contributed by atoms with van der Waals surface area (Å²) in [4.78, 5) is 33.2. The molecular formula is C20H24N4O2. The molecule has 1 aliphatic heterocycles. The van der Waals surface area contributed by atoms with Crippen LogP contribution in [0.5, 0.6) is 0 Å². The van der Waals surface area contributed by atoms with Crippen LogP contribution < -0.4 is 5.32 Å². The zero-order valence-electron chi connectivity index (χ0n) is 15.2. The summed E-state index contributed by atoms with van der Waals surface area (Å²) >= 11 is 0. The molecule has 0 aliphatic carbocycles. The summed E-state index contributed by atoms with van der Waals surface area (Å²) < 4.78 is 0. The van der Waals surface area contributed by atoms with Crippen molar-refractivity contribution in [3.05, 3.63) is 65.0 Å². The molecule has 0 saturated carbocycles. The number of amides is 2. The zero-order valence-corrected chi connectivity index (χ0v) is 15.2. The largest absolute Gasteiger partial charge is 0.347 e. The fourth-order valence-corrected chi connectivity index (χ4v) is 2.95. The van der Waals surface area contributed by atoms with Gasteiger partial charge in [-0.3, -0.25) is 14.6 Å². The first-order valence-corrected chi connectivity index (χ1v) is 8.81. The lowest BCUT2D eigenvalue weighted by molar-refractivity contribution is 0.0664. The zero-order chi connectivity index (χ0) is 18.5. The second kappa shape index (κ2) is 8.10. The van der Waals surface area contributed by atoms with Crippen molar-refractivity contribution in [1.82, 2.24) is 20.1 Å². The first kappa shape index (κ1) is 18.1. The number of piperazine rings is 1. The minimum absolute atomic E-state index is 0.0477. The molecule has 1 aromatic heterocycles. The minimum atomic E-state index is -0.277. The van der Waals surface area contributed by atoms with Gasteiger partial charge in [0.15, 0.2) is 0 Å². The third kappa shape index (κ3) is 4.26. The molecule has 6 heteroatoms. The molecule has 2 heterocycles. The molecule has 1 aromatic carbocycles. The van der Waals surface area contributed by atoms with Crippen LogP contribution in [-0.2, 0) is 6.54 Å². The average molecular weight is 352 g/mol. The Morgan fingerprint density at radius 2 is 1.85 bits per heavy atom. The topological polar surface area (TPSA) is 65.5 Å². The van der Waals surface area contributed by atoms with Gasteiger partial charge in [-0.1, -0.05) is 24.3 Å². The van der Waals surface area contributed by atoms with E-state index in [9.17, 15) is 9.59 Å². The average Bonchev–Trinajstić information content (AvgIpc) is 2.67. The smallest absolute Gasteiger partial charge is 0.270 e. The Labute approximate surface area is 153 Å². The molecule has 136 valence electrons. The van der Waals surface area contributed by atoms with Gasteiger partial charge in [-0.25, -0.2) is 0 Å². The lowest BCUT2D eigenvalue weighted by Gasteiger charge is -2.32. The van der Waals surface area contributed by atoms with Crippen molar-refractivity contribution in [2.75, 3.05) is 33.2 Å². The van der Waals surface area contributed by atoms with Crippen molar-refractivity contribution in [2.45, 2.75) is 13.5 Å². The molecule has 1 aliphatic rings. The van der Waals surface area contributed by atoms with E-state index in [4.69, 9.17) is 0 Å². The molecule has 0 spiro atoms. The van der Waals surface area contributed by atoms with Gasteiger partial charge in [0.05, 0.1) is 0 Å². The van der Waals surface area contributed by atoms with Crippen LogP contribution in [0.2, 0.25) is 0 Å². The third-order valence-corrected chi connectivity index (χ3v) is 4.73. The lowest BCUT2D eigenvalue weighted by Crippen LogP contribution is -2.47. The normalized spacial score (nSPS) is 14.9. The number of carbonyl (C=O) groups is 2. The van der Waals surface area contributed by atoms with Gasteiger partial charge in [-0.05, 0) is 37.2 Å². The van der Waals surface area contributed by atoms with E-state index >= 15 is 0 Å². The van der Waals surface area contributed by atoms with E-state index in [1.54, 1.807) is 12.1 Å². The Morgan fingerprint density at radius 1 is 1.12 bits per heavy atom. The van der Waals surface area contributed by atoms with Crippen molar-refractivity contribution in [2.24, 2.45) is 0 Å². The van der Waals surface area contributed by atoms with Gasteiger partial charge in [0, 0.05) is 44.5 Å². The van der Waals surface area contributed by atoms with Crippen molar-refractivity contribution in [3.63, 3.8) is 0 Å². The Hall–Kier alpha value is -2.73. The molecule has 0 radical (unpaired) electrons. The SMILES string of the molecule is Cc1ccccc1CNC(=O)c1cc(C(=O)N2CCN(C)CC2)ccn1. The van der Waals surface area contributed by atoms with Crippen LogP contribution >= 0.6 is 0 Å². The maximum absolute atomic E-state index is 12.7. The number of hydrogen-bond donors (Lipinski definition) is 1. The highest BCUT2D eigenvalue weighted by atomic mass is 16.2. The number of aryl methyl sites for hydroxylation is 1. The van der Waals surface area contributed by atoms with Crippen molar-refractivity contribution >= 4 is 11.8 Å². The fourth-order valence-electron chi connectivity index (χ4n) is 2.95. The number of pyridine rings is 1. The summed E-state index contributed by atoms with van der Waals surface area (Å²) in [6.45, 7) is 5.57. The van der Waals surface area contributed by atoms with Crippen LogP contribution in [0.25, 0.3) is 0 Å². The first-order chi connectivity index (χ1) is 12.5. The molecular weight excluding hydrogens is 328 g/mol. The number of nitrogens with one attached hydrogen (secondary N) is 1. The van der Waals surface area contributed by atoms with E-state index in [-0.39, 0.29) is 17.5 Å². The summed E-state index contributed by atoms with van der Waals surface area (Å²) in [5, 5.41) is 2.87. The van der Waals surface area contributed by atoms with E-state index in [1.165, 1.54) is 6.20 Å². The molecule has 0 bridgehead atoms. The van der Waals surface area contributed by atoms with E-state index in [0.717, 1.165) is 24.2 Å². The molecule has 3 rings (SSSR count). The molecule has 1 fully saturated rings. The van der Waals surface area contributed by atoms with Gasteiger partial charge in [0.25, 0.3) is 11.8 Å². The highest BCUT2D eigenvalue weighted by Crippen LogP contribution is 2.10. The number of hydrogen-bond acceptors (Lipinski definition) is 4. The van der Waals surface area contributed by atoms with Crippen molar-refractivity contribution in [3.8, 4) is 0 Å². The van der Waals surface area contributed by atoms with E-state index in [2.05, 4.69) is 15.2 Å². The van der Waals surface area contributed by atoms with Crippen LogP contribution in [-0.4, -0.2) is 59.8 Å². The molecule has 6 nitrogen and oxygen atoms in total. The van der Waals surface area contributed by atoms with E-state index in [1.807, 2.05) is 43.1 Å². The Kier molecular flexibility index (Phi) is 5.63. The standard InChI is InChI=1S/C20H24N4O2/c1-15-5-3-4-6-17(15)14-22-19(25)18-13-16(7-8-21-18)20(26)24-11-9-23(2)10-12-24/h3-8,13H,9-12,14H2,1-2H3,(H,22,25). The maximum atomic E-state index is 12.7. The molecule has 26 heavy (non-hydrogen) atoms. The highest BCUT2D eigenvalue weighted by molar-refractivity contribution is 5.98. The quantitative estimate of drug-likeness (QED) is 0.910. The van der Waals surface area contributed by atoms with Crippen LogP contribution in [0, 0.1) is 6.92 Å². The monoisotopic (exact) mass is 352 g/mol.